The Morgan fingerprint density at radius 3 is 1.35 bits per heavy atom. The van der Waals surface area contributed by atoms with E-state index < -0.39 is 24.6 Å². The van der Waals surface area contributed by atoms with Crippen molar-refractivity contribution in [3.63, 3.8) is 0 Å². The van der Waals surface area contributed by atoms with Gasteiger partial charge in [0.15, 0.2) is 0 Å². The fraction of sp³-hybridized carbons (Fsp3) is 0.143. The molecule has 0 aliphatic carbocycles. The molecule has 17 heavy (non-hydrogen) atoms. The number of rotatable bonds is 4. The SMILES string of the molecule is Clc1ccc([CH2][Hg][CH2]c2ccc(Cl)cc2)cc1. The van der Waals surface area contributed by atoms with E-state index in [0.29, 0.717) is 0 Å². The second-order valence-corrected chi connectivity index (χ2v) is 11.6. The van der Waals surface area contributed by atoms with Crippen LogP contribution >= 0.6 is 23.2 Å². The van der Waals surface area contributed by atoms with Crippen molar-refractivity contribution in [3.8, 4) is 0 Å². The molecule has 0 bridgehead atoms. The Hall–Kier alpha value is -0.0449. The van der Waals surface area contributed by atoms with E-state index in [-0.39, 0.29) is 0 Å². The third kappa shape index (κ3) is 4.61. The van der Waals surface area contributed by atoms with E-state index >= 15 is 0 Å². The van der Waals surface area contributed by atoms with Crippen LogP contribution in [0.25, 0.3) is 0 Å². The summed E-state index contributed by atoms with van der Waals surface area (Å²) in [6.07, 6.45) is 0. The molecule has 2 aromatic carbocycles. The summed E-state index contributed by atoms with van der Waals surface area (Å²) in [6.45, 7) is 0. The average molecular weight is 452 g/mol. The monoisotopic (exact) mass is 452 g/mol. The molecule has 0 N–H and O–H groups in total. The molecule has 3 heteroatoms. The van der Waals surface area contributed by atoms with Gasteiger partial charge in [-0.2, -0.15) is 0 Å². The number of hydrogen-bond donors (Lipinski definition) is 0. The molecule has 0 heterocycles. The van der Waals surface area contributed by atoms with Crippen molar-refractivity contribution in [2.24, 2.45) is 0 Å². The fourth-order valence-electron chi connectivity index (χ4n) is 1.80. The van der Waals surface area contributed by atoms with Crippen molar-refractivity contribution in [1.82, 2.24) is 0 Å². The first kappa shape index (κ1) is 13.4. The van der Waals surface area contributed by atoms with Crippen molar-refractivity contribution < 1.29 is 24.6 Å². The van der Waals surface area contributed by atoms with E-state index in [1.54, 1.807) is 0 Å². The molecule has 0 saturated carbocycles. The van der Waals surface area contributed by atoms with Gasteiger partial charge in [0, 0.05) is 0 Å². The van der Waals surface area contributed by atoms with E-state index in [0.717, 1.165) is 10.0 Å². The summed E-state index contributed by atoms with van der Waals surface area (Å²) in [5.41, 5.74) is 2.87. The summed E-state index contributed by atoms with van der Waals surface area (Å²) in [5, 5.41) is 1.64. The van der Waals surface area contributed by atoms with Gasteiger partial charge in [-0.15, -0.1) is 0 Å². The molecule has 0 aromatic heterocycles. The van der Waals surface area contributed by atoms with Gasteiger partial charge >= 0.3 is 125 Å². The van der Waals surface area contributed by atoms with Gasteiger partial charge in [0.25, 0.3) is 0 Å². The maximum atomic E-state index is 5.86. The Balaban J connectivity index is 1.83. The normalized spacial score (nSPS) is 10.0. The maximum absolute atomic E-state index is 5.86. The predicted molar refractivity (Wildman–Crippen MR) is 70.3 cm³/mol. The van der Waals surface area contributed by atoms with Gasteiger partial charge in [-0.1, -0.05) is 0 Å². The summed E-state index contributed by atoms with van der Waals surface area (Å²) in [6, 6.07) is 16.5. The van der Waals surface area contributed by atoms with E-state index in [4.69, 9.17) is 23.2 Å². The molecule has 0 aliphatic rings. The summed E-state index contributed by atoms with van der Waals surface area (Å²) in [5.74, 6) is 0. The second kappa shape index (κ2) is 6.77. The van der Waals surface area contributed by atoms with Gasteiger partial charge < -0.3 is 0 Å². The topological polar surface area (TPSA) is 0 Å². The van der Waals surface area contributed by atoms with Crippen molar-refractivity contribution in [2.75, 3.05) is 0 Å². The third-order valence-electron chi connectivity index (χ3n) is 2.76. The van der Waals surface area contributed by atoms with E-state index in [2.05, 4.69) is 24.3 Å². The molecule has 0 nitrogen and oxygen atoms in total. The molecular formula is C14H12Cl2Hg. The standard InChI is InChI=1S/2C7H6Cl.Hg/c2*1-6-2-4-7(8)5-3-6;/h2*2-5H,1H2;. The third-order valence-corrected chi connectivity index (χ3v) is 10.5. The molecule has 0 radical (unpaired) electrons. The molecule has 2 rings (SSSR count). The molecule has 0 spiro atoms. The molecule has 84 valence electrons. The minimum absolute atomic E-state index is 0.822. The first-order chi connectivity index (χ1) is 8.24. The van der Waals surface area contributed by atoms with Crippen molar-refractivity contribution in [2.45, 2.75) is 7.86 Å². The van der Waals surface area contributed by atoms with Crippen molar-refractivity contribution in [3.05, 3.63) is 69.7 Å². The number of benzene rings is 2. The summed E-state index contributed by atoms with van der Waals surface area (Å²) in [7, 11) is 0. The zero-order chi connectivity index (χ0) is 12.1. The Kier molecular flexibility index (Phi) is 5.33. The summed E-state index contributed by atoms with van der Waals surface area (Å²) < 4.78 is 2.61. The van der Waals surface area contributed by atoms with Crippen LogP contribution in [0.4, 0.5) is 0 Å². The van der Waals surface area contributed by atoms with Crippen LogP contribution in [0.3, 0.4) is 0 Å². The molecule has 2 aromatic rings. The van der Waals surface area contributed by atoms with Crippen molar-refractivity contribution >= 4 is 23.2 Å². The van der Waals surface area contributed by atoms with E-state index in [1.165, 1.54) is 19.0 Å². The van der Waals surface area contributed by atoms with Gasteiger partial charge in [0.05, 0.1) is 0 Å². The predicted octanol–water partition coefficient (Wildman–Crippen LogP) is 4.78. The van der Waals surface area contributed by atoms with Crippen molar-refractivity contribution in [1.29, 1.82) is 0 Å². The summed E-state index contributed by atoms with van der Waals surface area (Å²) >= 11 is 10.9. The average Bonchev–Trinajstić information content (AvgIpc) is 2.34. The molecule has 0 unspecified atom stereocenters. The van der Waals surface area contributed by atoms with Gasteiger partial charge in [0.1, 0.15) is 0 Å². The molecule has 0 fully saturated rings. The fourth-order valence-corrected chi connectivity index (χ4v) is 8.50. The Labute approximate surface area is 124 Å². The molecule has 0 amide bonds. The molecule has 0 aliphatic heterocycles. The van der Waals surface area contributed by atoms with Crippen LogP contribution in [0.2, 0.25) is 10.0 Å². The van der Waals surface area contributed by atoms with Gasteiger partial charge in [-0.05, 0) is 0 Å². The minimum atomic E-state index is -0.839. The van der Waals surface area contributed by atoms with Gasteiger partial charge in [0.2, 0.25) is 0 Å². The van der Waals surface area contributed by atoms with Gasteiger partial charge in [-0.3, -0.25) is 0 Å². The van der Waals surface area contributed by atoms with Crippen LogP contribution in [0.1, 0.15) is 11.1 Å². The van der Waals surface area contributed by atoms with Gasteiger partial charge in [-0.25, -0.2) is 0 Å². The van der Waals surface area contributed by atoms with Crippen LogP contribution in [-0.2, 0) is 32.4 Å². The molecule has 0 atom stereocenters. The quantitative estimate of drug-likeness (QED) is 0.587. The first-order valence-corrected chi connectivity index (χ1v) is 14.3. The van der Waals surface area contributed by atoms with E-state index in [1.807, 2.05) is 24.3 Å². The van der Waals surface area contributed by atoms with Crippen LogP contribution in [0.15, 0.2) is 48.5 Å². The molecular weight excluding hydrogens is 440 g/mol. The van der Waals surface area contributed by atoms with Crippen LogP contribution in [0, 0.1) is 0 Å². The van der Waals surface area contributed by atoms with Crippen LogP contribution < -0.4 is 0 Å². The number of hydrogen-bond acceptors (Lipinski definition) is 0. The Morgan fingerprint density at radius 1 is 0.647 bits per heavy atom. The first-order valence-electron chi connectivity index (χ1n) is 5.73. The van der Waals surface area contributed by atoms with Crippen LogP contribution in [-0.4, -0.2) is 0 Å². The Bertz CT molecular complexity index is 417. The molecule has 0 saturated heterocycles. The zero-order valence-corrected chi connectivity index (χ0v) is 16.5. The zero-order valence-electron chi connectivity index (χ0n) is 9.50. The second-order valence-electron chi connectivity index (χ2n) is 4.11. The Morgan fingerprint density at radius 2 is 1.00 bits per heavy atom. The van der Waals surface area contributed by atoms with E-state index in [9.17, 15) is 0 Å². The van der Waals surface area contributed by atoms with Crippen LogP contribution in [0.5, 0.6) is 0 Å². The summed E-state index contributed by atoms with van der Waals surface area (Å²) in [4.78, 5) is 0. The number of halogens is 2.